The molecule has 20 heavy (non-hydrogen) atoms. The highest BCUT2D eigenvalue weighted by Crippen LogP contribution is 2.30. The molecule has 1 aliphatic heterocycles. The van der Waals surface area contributed by atoms with Crippen LogP contribution in [-0.4, -0.2) is 13.2 Å². The first-order chi connectivity index (χ1) is 9.85. The van der Waals surface area contributed by atoms with Crippen LogP contribution in [0.2, 0.25) is 0 Å². The van der Waals surface area contributed by atoms with Crippen molar-refractivity contribution in [2.75, 3.05) is 18.5 Å². The number of fused-ring (bicyclic) bond motifs is 1. The molecule has 0 fully saturated rings. The molecule has 1 heterocycles. The molecule has 3 nitrogen and oxygen atoms in total. The van der Waals surface area contributed by atoms with Crippen LogP contribution in [0.5, 0.6) is 11.5 Å². The highest BCUT2D eigenvalue weighted by molar-refractivity contribution is 5.48. The number of nitrogens with one attached hydrogen (secondary N) is 1. The number of ether oxygens (including phenoxy) is 2. The van der Waals surface area contributed by atoms with E-state index in [1.807, 2.05) is 12.1 Å². The summed E-state index contributed by atoms with van der Waals surface area (Å²) in [4.78, 5) is 0. The van der Waals surface area contributed by atoms with Crippen molar-refractivity contribution in [3.8, 4) is 11.5 Å². The van der Waals surface area contributed by atoms with E-state index in [2.05, 4.69) is 42.6 Å². The Morgan fingerprint density at radius 1 is 0.950 bits per heavy atom. The summed E-state index contributed by atoms with van der Waals surface area (Å²) in [6, 6.07) is 14.6. The van der Waals surface area contributed by atoms with E-state index in [1.54, 1.807) is 0 Å². The molecule has 0 aromatic heterocycles. The second kappa shape index (κ2) is 5.87. The van der Waals surface area contributed by atoms with Gasteiger partial charge in [-0.05, 0) is 41.8 Å². The van der Waals surface area contributed by atoms with E-state index in [0.717, 1.165) is 30.2 Å². The van der Waals surface area contributed by atoms with Gasteiger partial charge >= 0.3 is 0 Å². The molecular formula is C17H19NO2. The molecule has 0 saturated heterocycles. The fraction of sp³-hybridized carbons (Fsp3) is 0.294. The number of rotatable bonds is 4. The van der Waals surface area contributed by atoms with Gasteiger partial charge < -0.3 is 14.8 Å². The van der Waals surface area contributed by atoms with Gasteiger partial charge in [-0.25, -0.2) is 0 Å². The molecule has 0 saturated carbocycles. The molecule has 1 N–H and O–H groups in total. The molecule has 2 aromatic carbocycles. The van der Waals surface area contributed by atoms with Gasteiger partial charge in [-0.3, -0.25) is 0 Å². The van der Waals surface area contributed by atoms with Crippen LogP contribution in [-0.2, 0) is 13.0 Å². The molecule has 1 aliphatic rings. The molecule has 0 bridgehead atoms. The molecule has 0 radical (unpaired) electrons. The Morgan fingerprint density at radius 3 is 2.65 bits per heavy atom. The Morgan fingerprint density at radius 2 is 1.80 bits per heavy atom. The van der Waals surface area contributed by atoms with Crippen molar-refractivity contribution in [1.29, 1.82) is 0 Å². The summed E-state index contributed by atoms with van der Waals surface area (Å²) in [7, 11) is 0. The predicted octanol–water partition coefficient (Wildman–Crippen LogP) is 3.63. The highest BCUT2D eigenvalue weighted by Gasteiger charge is 2.11. The number of aryl methyl sites for hydroxylation is 1. The fourth-order valence-electron chi connectivity index (χ4n) is 2.30. The zero-order valence-corrected chi connectivity index (χ0v) is 11.7. The third-order valence-electron chi connectivity index (χ3n) is 3.44. The van der Waals surface area contributed by atoms with Crippen molar-refractivity contribution >= 4 is 5.69 Å². The average Bonchev–Trinajstić information content (AvgIpc) is 2.53. The third-order valence-corrected chi connectivity index (χ3v) is 3.44. The average molecular weight is 269 g/mol. The molecule has 0 unspecified atom stereocenters. The topological polar surface area (TPSA) is 30.5 Å². The first-order valence-corrected chi connectivity index (χ1v) is 7.06. The summed E-state index contributed by atoms with van der Waals surface area (Å²) in [5, 5.41) is 3.45. The molecule has 0 spiro atoms. The van der Waals surface area contributed by atoms with E-state index in [4.69, 9.17) is 9.47 Å². The summed E-state index contributed by atoms with van der Waals surface area (Å²) in [6.07, 6.45) is 1.06. The number of benzene rings is 2. The normalized spacial score (nSPS) is 13.1. The lowest BCUT2D eigenvalue weighted by Gasteiger charge is -2.19. The lowest BCUT2D eigenvalue weighted by Crippen LogP contribution is -2.15. The highest BCUT2D eigenvalue weighted by atomic mass is 16.6. The largest absolute Gasteiger partial charge is 0.486 e. The van der Waals surface area contributed by atoms with Crippen LogP contribution in [0.4, 0.5) is 5.69 Å². The Bertz CT molecular complexity index is 595. The maximum Gasteiger partial charge on any atom is 0.161 e. The summed E-state index contributed by atoms with van der Waals surface area (Å²) in [5.74, 6) is 1.69. The van der Waals surface area contributed by atoms with Crippen LogP contribution in [0.1, 0.15) is 18.1 Å². The second-order valence-corrected chi connectivity index (χ2v) is 4.89. The molecule has 0 amide bonds. The van der Waals surface area contributed by atoms with Crippen molar-refractivity contribution in [2.24, 2.45) is 0 Å². The zero-order valence-electron chi connectivity index (χ0n) is 11.7. The van der Waals surface area contributed by atoms with Gasteiger partial charge in [0.25, 0.3) is 0 Å². The van der Waals surface area contributed by atoms with Crippen molar-refractivity contribution < 1.29 is 9.47 Å². The minimum atomic E-state index is 0.627. The van der Waals surface area contributed by atoms with E-state index in [9.17, 15) is 0 Å². The summed E-state index contributed by atoms with van der Waals surface area (Å²) in [5.41, 5.74) is 3.69. The van der Waals surface area contributed by atoms with E-state index in [1.165, 1.54) is 11.1 Å². The SMILES string of the molecule is CCc1cccc(NCc2ccc3c(c2)OCCO3)c1. The van der Waals surface area contributed by atoms with Gasteiger partial charge in [0.2, 0.25) is 0 Å². The Kier molecular flexibility index (Phi) is 3.77. The maximum absolute atomic E-state index is 5.60. The van der Waals surface area contributed by atoms with Gasteiger partial charge in [-0.2, -0.15) is 0 Å². The first kappa shape index (κ1) is 12.9. The second-order valence-electron chi connectivity index (χ2n) is 4.89. The Hall–Kier alpha value is -2.16. The standard InChI is InChI=1S/C17H19NO2/c1-2-13-4-3-5-15(10-13)18-12-14-6-7-16-17(11-14)20-9-8-19-16/h3-7,10-11,18H,2,8-9,12H2,1H3. The van der Waals surface area contributed by atoms with Gasteiger partial charge in [0.15, 0.2) is 11.5 Å². The van der Waals surface area contributed by atoms with E-state index < -0.39 is 0 Å². The van der Waals surface area contributed by atoms with Crippen molar-refractivity contribution in [1.82, 2.24) is 0 Å². The molecule has 104 valence electrons. The fourth-order valence-corrected chi connectivity index (χ4v) is 2.30. The van der Waals surface area contributed by atoms with Crippen molar-refractivity contribution in [2.45, 2.75) is 19.9 Å². The maximum atomic E-state index is 5.60. The van der Waals surface area contributed by atoms with E-state index in [-0.39, 0.29) is 0 Å². The van der Waals surface area contributed by atoms with Crippen LogP contribution in [0, 0.1) is 0 Å². The van der Waals surface area contributed by atoms with Gasteiger partial charge in [0.1, 0.15) is 13.2 Å². The predicted molar refractivity (Wildman–Crippen MR) is 80.6 cm³/mol. The van der Waals surface area contributed by atoms with Crippen LogP contribution >= 0.6 is 0 Å². The molecule has 0 aliphatic carbocycles. The third kappa shape index (κ3) is 2.87. The van der Waals surface area contributed by atoms with Crippen LogP contribution in [0.25, 0.3) is 0 Å². The molecule has 0 atom stereocenters. The Balaban J connectivity index is 1.68. The quantitative estimate of drug-likeness (QED) is 0.919. The lowest BCUT2D eigenvalue weighted by molar-refractivity contribution is 0.171. The van der Waals surface area contributed by atoms with Crippen molar-refractivity contribution in [3.05, 3.63) is 53.6 Å². The van der Waals surface area contributed by atoms with Crippen LogP contribution in [0.3, 0.4) is 0 Å². The van der Waals surface area contributed by atoms with E-state index >= 15 is 0 Å². The molecule has 3 heteroatoms. The van der Waals surface area contributed by atoms with E-state index in [0.29, 0.717) is 13.2 Å². The van der Waals surface area contributed by atoms with Gasteiger partial charge in [0.05, 0.1) is 0 Å². The molecule has 3 rings (SSSR count). The monoisotopic (exact) mass is 269 g/mol. The number of hydrogen-bond acceptors (Lipinski definition) is 3. The summed E-state index contributed by atoms with van der Waals surface area (Å²) in [6.45, 7) is 4.21. The van der Waals surface area contributed by atoms with Gasteiger partial charge in [0, 0.05) is 12.2 Å². The number of hydrogen-bond donors (Lipinski definition) is 1. The first-order valence-electron chi connectivity index (χ1n) is 7.06. The molecular weight excluding hydrogens is 250 g/mol. The van der Waals surface area contributed by atoms with Crippen LogP contribution < -0.4 is 14.8 Å². The van der Waals surface area contributed by atoms with Crippen LogP contribution in [0.15, 0.2) is 42.5 Å². The number of anilines is 1. The Labute approximate surface area is 119 Å². The summed E-state index contributed by atoms with van der Waals surface area (Å²) >= 11 is 0. The zero-order chi connectivity index (χ0) is 13.8. The van der Waals surface area contributed by atoms with Crippen molar-refractivity contribution in [3.63, 3.8) is 0 Å². The minimum absolute atomic E-state index is 0.627. The smallest absolute Gasteiger partial charge is 0.161 e. The lowest BCUT2D eigenvalue weighted by atomic mass is 10.1. The van der Waals surface area contributed by atoms with Gasteiger partial charge in [-0.15, -0.1) is 0 Å². The minimum Gasteiger partial charge on any atom is -0.486 e. The molecule has 2 aromatic rings. The van der Waals surface area contributed by atoms with Gasteiger partial charge in [-0.1, -0.05) is 25.1 Å². The summed E-state index contributed by atoms with van der Waals surface area (Å²) < 4.78 is 11.1.